The Labute approximate surface area is 203 Å². The van der Waals surface area contributed by atoms with Gasteiger partial charge in [-0.3, -0.25) is 23.9 Å². The first-order valence-electron chi connectivity index (χ1n) is 10.8. The molecule has 0 radical (unpaired) electrons. The standard InChI is InChI=1S/C20H20F6N4O5S/c21-19(22,23)17-29-11(7-36-17)16(34)30-5-9-4-18(9,13(30)14(27)32)10(3-8-1-2-28-15(8)33)12(31)6-35-20(24,25)26/h7-10,13H,1-6H2,(H2,27,32)(H,28,33)/t8-,9?,10-,13?,18?/m1/s1. The number of carbonyl (C=O) groups excluding carboxylic acids is 4. The summed E-state index contributed by atoms with van der Waals surface area (Å²) in [5.41, 5.74) is 3.63. The lowest BCUT2D eigenvalue weighted by atomic mass is 9.74. The number of Topliss-reactive ketones (excluding diaryl/α,β-unsaturated/α-hetero) is 1. The third-order valence-electron chi connectivity index (χ3n) is 7.03. The second-order valence-corrected chi connectivity index (χ2v) is 9.94. The van der Waals surface area contributed by atoms with E-state index in [4.69, 9.17) is 5.73 Å². The van der Waals surface area contributed by atoms with Crippen LogP contribution in [-0.2, 0) is 25.3 Å². The fourth-order valence-corrected chi connectivity index (χ4v) is 6.18. The number of carbonyl (C=O) groups is 4. The lowest BCUT2D eigenvalue weighted by molar-refractivity contribution is -0.321. The first-order chi connectivity index (χ1) is 16.6. The molecule has 4 rings (SSSR count). The molecular formula is C20H20F6N4O5S. The molecule has 3 unspecified atom stereocenters. The molecule has 3 fully saturated rings. The molecule has 0 aromatic carbocycles. The second kappa shape index (κ2) is 8.97. The molecule has 9 nitrogen and oxygen atoms in total. The van der Waals surface area contributed by atoms with Crippen LogP contribution < -0.4 is 11.1 Å². The molecule has 16 heteroatoms. The van der Waals surface area contributed by atoms with Gasteiger partial charge in [-0.2, -0.15) is 13.2 Å². The number of primary amides is 1. The summed E-state index contributed by atoms with van der Waals surface area (Å²) in [6, 6.07) is -1.49. The van der Waals surface area contributed by atoms with Crippen molar-refractivity contribution in [3.63, 3.8) is 0 Å². The highest BCUT2D eigenvalue weighted by atomic mass is 32.1. The SMILES string of the molecule is NC(=O)C1N(C(=O)c2csc(C(F)(F)F)n2)CC2CC21[C@H](C[C@H]1CCNC1=O)C(=O)COC(F)(F)F. The third kappa shape index (κ3) is 4.79. The summed E-state index contributed by atoms with van der Waals surface area (Å²) in [6.45, 7) is -1.22. The zero-order valence-electron chi connectivity index (χ0n) is 18.3. The van der Waals surface area contributed by atoms with Crippen LogP contribution in [0.4, 0.5) is 26.3 Å². The Morgan fingerprint density at radius 2 is 1.97 bits per heavy atom. The van der Waals surface area contributed by atoms with E-state index < -0.39 is 82.6 Å². The maximum atomic E-state index is 13.0. The molecule has 3 heterocycles. The Bertz CT molecular complexity index is 1090. The quantitative estimate of drug-likeness (QED) is 0.481. The zero-order valence-corrected chi connectivity index (χ0v) is 19.1. The molecule has 3 amide bonds. The van der Waals surface area contributed by atoms with Crippen LogP contribution in [0.2, 0.25) is 0 Å². The monoisotopic (exact) mass is 542 g/mol. The van der Waals surface area contributed by atoms with Crippen LogP contribution in [0, 0.1) is 23.2 Å². The maximum Gasteiger partial charge on any atom is 0.522 e. The van der Waals surface area contributed by atoms with Crippen LogP contribution >= 0.6 is 11.3 Å². The molecule has 2 saturated heterocycles. The number of nitrogens with one attached hydrogen (secondary N) is 1. The molecule has 0 bridgehead atoms. The number of ketones is 1. The van der Waals surface area contributed by atoms with Crippen LogP contribution in [0.5, 0.6) is 0 Å². The number of hydrogen-bond acceptors (Lipinski definition) is 7. The number of thiazole rings is 1. The van der Waals surface area contributed by atoms with Gasteiger partial charge < -0.3 is 16.0 Å². The Morgan fingerprint density at radius 3 is 2.50 bits per heavy atom. The largest absolute Gasteiger partial charge is 0.522 e. The molecule has 3 aliphatic rings. The van der Waals surface area contributed by atoms with Crippen molar-refractivity contribution < 1.29 is 50.3 Å². The van der Waals surface area contributed by atoms with Crippen LogP contribution in [0.3, 0.4) is 0 Å². The summed E-state index contributed by atoms with van der Waals surface area (Å²) in [6.07, 6.45) is -9.62. The number of rotatable bonds is 8. The average Bonchev–Trinajstić information content (AvgIpc) is 3.15. The van der Waals surface area contributed by atoms with Gasteiger partial charge in [0, 0.05) is 35.7 Å². The molecule has 1 saturated carbocycles. The predicted molar refractivity (Wildman–Crippen MR) is 108 cm³/mol. The van der Waals surface area contributed by atoms with Gasteiger partial charge in [0.2, 0.25) is 11.8 Å². The Hall–Kier alpha value is -2.75. The van der Waals surface area contributed by atoms with E-state index in [1.807, 2.05) is 0 Å². The number of fused-ring (bicyclic) bond motifs is 1. The molecule has 3 N–H and O–H groups in total. The fourth-order valence-electron chi connectivity index (χ4n) is 5.51. The molecule has 5 atom stereocenters. The fraction of sp³-hybridized carbons (Fsp3) is 0.650. The van der Waals surface area contributed by atoms with Gasteiger partial charge >= 0.3 is 12.5 Å². The number of halogens is 6. The number of piperidine rings is 1. The highest BCUT2D eigenvalue weighted by molar-refractivity contribution is 7.10. The van der Waals surface area contributed by atoms with Crippen LogP contribution in [0.25, 0.3) is 0 Å². The molecule has 36 heavy (non-hydrogen) atoms. The van der Waals surface area contributed by atoms with Gasteiger partial charge in [-0.15, -0.1) is 24.5 Å². The minimum atomic E-state index is -5.10. The van der Waals surface area contributed by atoms with Crippen LogP contribution in [0.1, 0.15) is 34.8 Å². The lowest BCUT2D eigenvalue weighted by Crippen LogP contribution is -2.52. The molecule has 0 spiro atoms. The topological polar surface area (TPSA) is 132 Å². The molecule has 1 aromatic rings. The maximum absolute atomic E-state index is 13.0. The zero-order chi connectivity index (χ0) is 26.6. The van der Waals surface area contributed by atoms with Crippen molar-refractivity contribution in [2.75, 3.05) is 19.7 Å². The van der Waals surface area contributed by atoms with Crippen LogP contribution in [-0.4, -0.2) is 65.5 Å². The first kappa shape index (κ1) is 26.3. The van der Waals surface area contributed by atoms with Crippen molar-refractivity contribution in [1.82, 2.24) is 15.2 Å². The summed E-state index contributed by atoms with van der Waals surface area (Å²) in [7, 11) is 0. The number of ether oxygens (including phenoxy) is 1. The van der Waals surface area contributed by atoms with E-state index in [0.29, 0.717) is 13.0 Å². The number of likely N-dealkylation sites (tertiary alicyclic amines) is 1. The first-order valence-corrected chi connectivity index (χ1v) is 11.7. The van der Waals surface area contributed by atoms with E-state index in [1.165, 1.54) is 0 Å². The average molecular weight is 542 g/mol. The Kier molecular flexibility index (Phi) is 6.56. The second-order valence-electron chi connectivity index (χ2n) is 9.08. The Balaban J connectivity index is 1.64. The molecular weight excluding hydrogens is 522 g/mol. The van der Waals surface area contributed by atoms with Gasteiger partial charge in [-0.05, 0) is 25.2 Å². The smallest absolute Gasteiger partial charge is 0.368 e. The van der Waals surface area contributed by atoms with Gasteiger partial charge in [0.15, 0.2) is 10.8 Å². The number of nitrogens with zero attached hydrogens (tertiary/aromatic N) is 2. The molecule has 2 aliphatic heterocycles. The molecule has 198 valence electrons. The highest BCUT2D eigenvalue weighted by Crippen LogP contribution is 2.67. The van der Waals surface area contributed by atoms with Gasteiger partial charge in [-0.25, -0.2) is 4.98 Å². The summed E-state index contributed by atoms with van der Waals surface area (Å²) in [5, 5.41) is 2.17. The van der Waals surface area contributed by atoms with E-state index in [9.17, 15) is 45.5 Å². The van der Waals surface area contributed by atoms with Crippen molar-refractivity contribution in [3.05, 3.63) is 16.1 Å². The third-order valence-corrected chi connectivity index (χ3v) is 7.92. The number of nitrogens with two attached hydrogens (primary N) is 1. The summed E-state index contributed by atoms with van der Waals surface area (Å²) in [4.78, 5) is 54.9. The van der Waals surface area contributed by atoms with Gasteiger partial charge in [0.05, 0.1) is 0 Å². The highest BCUT2D eigenvalue weighted by Gasteiger charge is 2.73. The lowest BCUT2D eigenvalue weighted by Gasteiger charge is -2.34. The van der Waals surface area contributed by atoms with E-state index in [2.05, 4.69) is 15.0 Å². The summed E-state index contributed by atoms with van der Waals surface area (Å²) in [5.74, 6) is -6.04. The van der Waals surface area contributed by atoms with E-state index >= 15 is 0 Å². The van der Waals surface area contributed by atoms with Crippen molar-refractivity contribution in [1.29, 1.82) is 0 Å². The minimum absolute atomic E-state index is 0.159. The van der Waals surface area contributed by atoms with Crippen LogP contribution in [0.15, 0.2) is 5.38 Å². The van der Waals surface area contributed by atoms with E-state index in [-0.39, 0.29) is 30.7 Å². The number of aromatic nitrogens is 1. The van der Waals surface area contributed by atoms with Gasteiger partial charge in [0.1, 0.15) is 18.3 Å². The summed E-state index contributed by atoms with van der Waals surface area (Å²) < 4.78 is 80.4. The molecule has 1 aromatic heterocycles. The normalized spacial score (nSPS) is 28.6. The number of hydrogen-bond donors (Lipinski definition) is 2. The van der Waals surface area contributed by atoms with Crippen molar-refractivity contribution in [2.45, 2.75) is 37.8 Å². The minimum Gasteiger partial charge on any atom is -0.368 e. The number of alkyl halides is 6. The van der Waals surface area contributed by atoms with Crippen molar-refractivity contribution in [2.24, 2.45) is 28.9 Å². The van der Waals surface area contributed by atoms with Gasteiger partial charge in [-0.1, -0.05) is 0 Å². The molecule has 1 aliphatic carbocycles. The summed E-state index contributed by atoms with van der Waals surface area (Å²) >= 11 is 0.185. The number of amides is 3. The van der Waals surface area contributed by atoms with Crippen molar-refractivity contribution >= 4 is 34.8 Å². The van der Waals surface area contributed by atoms with E-state index in [1.54, 1.807) is 0 Å². The predicted octanol–water partition coefficient (Wildman–Crippen LogP) is 1.73. The van der Waals surface area contributed by atoms with Crippen molar-refractivity contribution in [3.8, 4) is 0 Å². The van der Waals surface area contributed by atoms with Gasteiger partial charge in [0.25, 0.3) is 5.91 Å². The Morgan fingerprint density at radius 1 is 1.28 bits per heavy atom. The van der Waals surface area contributed by atoms with E-state index in [0.717, 1.165) is 10.3 Å².